The molecule has 3 N–H and O–H groups in total. The summed E-state index contributed by atoms with van der Waals surface area (Å²) in [5, 5.41) is 0. The van der Waals surface area contributed by atoms with Gasteiger partial charge in [0, 0.05) is 25.3 Å². The van der Waals surface area contributed by atoms with E-state index in [1.807, 2.05) is 12.1 Å². The molecule has 108 valence electrons. The van der Waals surface area contributed by atoms with Gasteiger partial charge < -0.3 is 10.6 Å². The Labute approximate surface area is 115 Å². The minimum Gasteiger partial charge on any atom is -0.372 e. The second kappa shape index (κ2) is 7.47. The molecule has 0 amide bonds. The van der Waals surface area contributed by atoms with Crippen LogP contribution in [0, 0.1) is 0 Å². The number of benzene rings is 1. The van der Waals surface area contributed by atoms with E-state index in [9.17, 15) is 8.42 Å². The molecule has 0 radical (unpaired) electrons. The lowest BCUT2D eigenvalue weighted by Gasteiger charge is -2.23. The fourth-order valence-electron chi connectivity index (χ4n) is 1.86. The van der Waals surface area contributed by atoms with Gasteiger partial charge >= 0.3 is 0 Å². The molecule has 1 aromatic carbocycles. The highest BCUT2D eigenvalue weighted by Crippen LogP contribution is 2.18. The third kappa shape index (κ3) is 4.49. The van der Waals surface area contributed by atoms with Crippen LogP contribution in [0.3, 0.4) is 0 Å². The SMILES string of the molecule is CCNS(=O)(=O)c1ccc(N(CC)CCCN)cc1. The van der Waals surface area contributed by atoms with E-state index in [0.717, 1.165) is 25.2 Å². The summed E-state index contributed by atoms with van der Waals surface area (Å²) in [6, 6.07) is 6.95. The Morgan fingerprint density at radius 2 is 1.84 bits per heavy atom. The first-order chi connectivity index (χ1) is 9.05. The van der Waals surface area contributed by atoms with Crippen molar-refractivity contribution in [1.29, 1.82) is 0 Å². The first-order valence-electron chi connectivity index (χ1n) is 6.60. The van der Waals surface area contributed by atoms with Crippen LogP contribution in [-0.2, 0) is 10.0 Å². The van der Waals surface area contributed by atoms with Crippen molar-refractivity contribution in [3.05, 3.63) is 24.3 Å². The summed E-state index contributed by atoms with van der Waals surface area (Å²) < 4.78 is 26.1. The first kappa shape index (κ1) is 15.9. The van der Waals surface area contributed by atoms with Crippen molar-refractivity contribution < 1.29 is 8.42 Å². The highest BCUT2D eigenvalue weighted by molar-refractivity contribution is 7.89. The van der Waals surface area contributed by atoms with Gasteiger partial charge in [0.1, 0.15) is 0 Å². The summed E-state index contributed by atoms with van der Waals surface area (Å²) in [7, 11) is -3.36. The number of nitrogens with two attached hydrogens (primary N) is 1. The molecule has 1 aromatic rings. The molecule has 19 heavy (non-hydrogen) atoms. The molecular weight excluding hydrogens is 262 g/mol. The number of hydrogen-bond acceptors (Lipinski definition) is 4. The molecule has 0 aliphatic heterocycles. The predicted octanol–water partition coefficient (Wildman–Crippen LogP) is 1.16. The van der Waals surface area contributed by atoms with Crippen molar-refractivity contribution in [1.82, 2.24) is 4.72 Å². The zero-order valence-electron chi connectivity index (χ0n) is 11.6. The average molecular weight is 285 g/mol. The molecule has 6 heteroatoms. The van der Waals surface area contributed by atoms with Crippen LogP contribution in [-0.4, -0.2) is 34.6 Å². The second-order valence-corrected chi connectivity index (χ2v) is 5.98. The van der Waals surface area contributed by atoms with Gasteiger partial charge in [-0.05, 0) is 44.2 Å². The molecule has 0 saturated carbocycles. The number of nitrogens with zero attached hydrogens (tertiary/aromatic N) is 1. The predicted molar refractivity (Wildman–Crippen MR) is 78.9 cm³/mol. The molecule has 0 aliphatic rings. The van der Waals surface area contributed by atoms with E-state index < -0.39 is 10.0 Å². The van der Waals surface area contributed by atoms with Gasteiger partial charge in [-0.25, -0.2) is 13.1 Å². The van der Waals surface area contributed by atoms with Gasteiger partial charge in [-0.15, -0.1) is 0 Å². The first-order valence-corrected chi connectivity index (χ1v) is 8.08. The number of nitrogens with one attached hydrogen (secondary N) is 1. The summed E-state index contributed by atoms with van der Waals surface area (Å²) in [6.45, 7) is 6.63. The highest BCUT2D eigenvalue weighted by Gasteiger charge is 2.12. The van der Waals surface area contributed by atoms with Crippen molar-refractivity contribution in [3.8, 4) is 0 Å². The Morgan fingerprint density at radius 1 is 1.21 bits per heavy atom. The van der Waals surface area contributed by atoms with E-state index >= 15 is 0 Å². The Bertz CT molecular complexity index is 471. The van der Waals surface area contributed by atoms with Crippen molar-refractivity contribution >= 4 is 15.7 Å². The van der Waals surface area contributed by atoms with Crippen LogP contribution in [0.4, 0.5) is 5.69 Å². The molecule has 0 saturated heterocycles. The summed E-state index contributed by atoms with van der Waals surface area (Å²) in [4.78, 5) is 2.48. The largest absolute Gasteiger partial charge is 0.372 e. The quantitative estimate of drug-likeness (QED) is 0.751. The van der Waals surface area contributed by atoms with E-state index in [4.69, 9.17) is 5.73 Å². The maximum absolute atomic E-state index is 11.8. The Hall–Kier alpha value is -1.11. The lowest BCUT2D eigenvalue weighted by molar-refractivity contribution is 0.584. The van der Waals surface area contributed by atoms with Gasteiger partial charge in [-0.1, -0.05) is 6.92 Å². The van der Waals surface area contributed by atoms with Crippen molar-refractivity contribution in [2.45, 2.75) is 25.2 Å². The molecule has 0 aliphatic carbocycles. The Balaban J connectivity index is 2.86. The van der Waals surface area contributed by atoms with Crippen LogP contribution in [0.2, 0.25) is 0 Å². The molecule has 0 heterocycles. The fourth-order valence-corrected chi connectivity index (χ4v) is 2.90. The number of sulfonamides is 1. The third-order valence-electron chi connectivity index (χ3n) is 2.86. The monoisotopic (exact) mass is 285 g/mol. The minimum atomic E-state index is -3.36. The van der Waals surface area contributed by atoms with E-state index in [2.05, 4.69) is 16.5 Å². The number of hydrogen-bond donors (Lipinski definition) is 2. The standard InChI is InChI=1S/C13H23N3O2S/c1-3-15-19(17,18)13-8-6-12(7-9-13)16(4-2)11-5-10-14/h6-9,15H,3-5,10-11,14H2,1-2H3. The molecular formula is C13H23N3O2S. The van der Waals surface area contributed by atoms with Gasteiger partial charge in [0.25, 0.3) is 0 Å². The van der Waals surface area contributed by atoms with Crippen LogP contribution in [0.1, 0.15) is 20.3 Å². The molecule has 0 bridgehead atoms. The van der Waals surface area contributed by atoms with Crippen LogP contribution < -0.4 is 15.4 Å². The summed E-state index contributed by atoms with van der Waals surface area (Å²) in [6.07, 6.45) is 0.922. The molecule has 1 rings (SSSR count). The van der Waals surface area contributed by atoms with Crippen molar-refractivity contribution in [2.75, 3.05) is 31.1 Å². The van der Waals surface area contributed by atoms with Crippen LogP contribution in [0.5, 0.6) is 0 Å². The lowest BCUT2D eigenvalue weighted by Crippen LogP contribution is -2.26. The normalized spacial score (nSPS) is 11.5. The zero-order chi connectivity index (χ0) is 14.3. The smallest absolute Gasteiger partial charge is 0.240 e. The van der Waals surface area contributed by atoms with E-state index in [0.29, 0.717) is 18.0 Å². The molecule has 0 atom stereocenters. The van der Waals surface area contributed by atoms with Gasteiger partial charge in [-0.2, -0.15) is 0 Å². The van der Waals surface area contributed by atoms with E-state index in [1.165, 1.54) is 0 Å². The van der Waals surface area contributed by atoms with Crippen molar-refractivity contribution in [2.24, 2.45) is 5.73 Å². The zero-order valence-corrected chi connectivity index (χ0v) is 12.4. The van der Waals surface area contributed by atoms with Crippen molar-refractivity contribution in [3.63, 3.8) is 0 Å². The molecule has 0 fully saturated rings. The minimum absolute atomic E-state index is 0.299. The summed E-state index contributed by atoms with van der Waals surface area (Å²) >= 11 is 0. The maximum Gasteiger partial charge on any atom is 0.240 e. The maximum atomic E-state index is 11.8. The fraction of sp³-hybridized carbons (Fsp3) is 0.538. The number of rotatable bonds is 8. The van der Waals surface area contributed by atoms with E-state index in [-0.39, 0.29) is 0 Å². The van der Waals surface area contributed by atoms with E-state index in [1.54, 1.807) is 19.1 Å². The third-order valence-corrected chi connectivity index (χ3v) is 4.42. The second-order valence-electron chi connectivity index (χ2n) is 4.22. The summed E-state index contributed by atoms with van der Waals surface area (Å²) in [5.41, 5.74) is 6.53. The van der Waals surface area contributed by atoms with Crippen LogP contribution >= 0.6 is 0 Å². The lowest BCUT2D eigenvalue weighted by atomic mass is 10.2. The van der Waals surface area contributed by atoms with Gasteiger partial charge in [-0.3, -0.25) is 0 Å². The Morgan fingerprint density at radius 3 is 2.32 bits per heavy atom. The molecule has 0 spiro atoms. The summed E-state index contributed by atoms with van der Waals surface area (Å²) in [5.74, 6) is 0. The van der Waals surface area contributed by atoms with Gasteiger partial charge in [0.2, 0.25) is 10.0 Å². The molecule has 5 nitrogen and oxygen atoms in total. The average Bonchev–Trinajstić information content (AvgIpc) is 2.40. The number of anilines is 1. The molecule has 0 unspecified atom stereocenters. The van der Waals surface area contributed by atoms with Gasteiger partial charge in [0.05, 0.1) is 4.90 Å². The van der Waals surface area contributed by atoms with Crippen LogP contribution in [0.25, 0.3) is 0 Å². The highest BCUT2D eigenvalue weighted by atomic mass is 32.2. The molecule has 0 aromatic heterocycles. The Kier molecular flexibility index (Phi) is 6.27. The topological polar surface area (TPSA) is 75.4 Å². The van der Waals surface area contributed by atoms with Crippen LogP contribution in [0.15, 0.2) is 29.2 Å². The van der Waals surface area contributed by atoms with Gasteiger partial charge in [0.15, 0.2) is 0 Å².